The van der Waals surface area contributed by atoms with Gasteiger partial charge in [0.05, 0.1) is 11.6 Å². The van der Waals surface area contributed by atoms with Crippen LogP contribution in [-0.4, -0.2) is 29.3 Å². The molecule has 0 saturated carbocycles. The summed E-state index contributed by atoms with van der Waals surface area (Å²) in [6.45, 7) is 2.01. The number of hydrogen-bond donors (Lipinski definition) is 2. The predicted molar refractivity (Wildman–Crippen MR) is 91.2 cm³/mol. The molecule has 1 saturated heterocycles. The van der Waals surface area contributed by atoms with E-state index in [1.807, 2.05) is 4.90 Å². The van der Waals surface area contributed by atoms with Crippen molar-refractivity contribution in [2.24, 2.45) is 4.99 Å². The number of halogens is 2. The van der Waals surface area contributed by atoms with E-state index in [0.717, 1.165) is 24.8 Å². The lowest BCUT2D eigenvalue weighted by Crippen LogP contribution is -2.32. The normalized spacial score (nSPS) is 21.6. The Morgan fingerprint density at radius 3 is 2.96 bits per heavy atom. The van der Waals surface area contributed by atoms with Crippen molar-refractivity contribution in [2.75, 3.05) is 6.54 Å². The summed E-state index contributed by atoms with van der Waals surface area (Å²) in [6, 6.07) is 3.14. The first-order chi connectivity index (χ1) is 12.0. The number of carbonyl (C=O) groups excluding carboxylic acids is 1. The summed E-state index contributed by atoms with van der Waals surface area (Å²) in [5, 5.41) is 10.2. The number of rotatable bonds is 3. The van der Waals surface area contributed by atoms with Crippen molar-refractivity contribution in [3.8, 4) is 0 Å². The maximum atomic E-state index is 14.2. The fourth-order valence-corrected chi connectivity index (χ4v) is 3.15. The van der Waals surface area contributed by atoms with Gasteiger partial charge in [-0.2, -0.15) is 0 Å². The molecule has 1 fully saturated rings. The Labute approximate surface area is 144 Å². The summed E-state index contributed by atoms with van der Waals surface area (Å²) >= 11 is 0. The highest BCUT2D eigenvalue weighted by Crippen LogP contribution is 2.34. The van der Waals surface area contributed by atoms with Crippen molar-refractivity contribution in [3.05, 3.63) is 59.1 Å². The Kier molecular flexibility index (Phi) is 4.74. The van der Waals surface area contributed by atoms with Crippen LogP contribution in [0.4, 0.5) is 8.78 Å². The first-order valence-electron chi connectivity index (χ1n) is 8.00. The zero-order valence-electron chi connectivity index (χ0n) is 13.7. The van der Waals surface area contributed by atoms with Crippen LogP contribution in [0.15, 0.2) is 46.9 Å². The second kappa shape index (κ2) is 6.96. The second-order valence-electron chi connectivity index (χ2n) is 5.93. The number of nitrogens with zero attached hydrogens (tertiary/aromatic N) is 2. The van der Waals surface area contributed by atoms with Gasteiger partial charge in [0.2, 0.25) is 0 Å². The Hall–Kier alpha value is -2.83. The zero-order valence-corrected chi connectivity index (χ0v) is 13.7. The van der Waals surface area contributed by atoms with E-state index in [1.165, 1.54) is 13.0 Å². The van der Waals surface area contributed by atoms with Crippen molar-refractivity contribution >= 4 is 17.8 Å². The van der Waals surface area contributed by atoms with Gasteiger partial charge in [-0.1, -0.05) is 0 Å². The SMILES string of the molecule is CC(=O)/C(C=N)=C1\N=C(N2CCCC2c2cc(F)ccc2F)C=CN1. The van der Waals surface area contributed by atoms with Crippen LogP contribution in [0.1, 0.15) is 31.4 Å². The number of ketones is 1. The highest BCUT2D eigenvalue weighted by atomic mass is 19.1. The van der Waals surface area contributed by atoms with Gasteiger partial charge >= 0.3 is 0 Å². The number of likely N-dealkylation sites (tertiary alicyclic amines) is 1. The minimum atomic E-state index is -0.478. The van der Waals surface area contributed by atoms with E-state index in [4.69, 9.17) is 5.41 Å². The molecule has 0 spiro atoms. The smallest absolute Gasteiger partial charge is 0.165 e. The number of aliphatic imine (C=N–C) groups is 1. The van der Waals surface area contributed by atoms with Crippen molar-refractivity contribution in [3.63, 3.8) is 0 Å². The standard InChI is InChI=1S/C18H18F2N4O/c1-11(25)14(10-21)18-22-7-6-17(23-18)24-8-2-3-16(24)13-9-12(19)4-5-15(13)20/h4-7,9-10,16,21-22H,2-3,8H2,1H3/b18-14-,21-10?. The van der Waals surface area contributed by atoms with Crippen LogP contribution in [0.3, 0.4) is 0 Å². The quantitative estimate of drug-likeness (QED) is 0.654. The lowest BCUT2D eigenvalue weighted by molar-refractivity contribution is -0.113. The summed E-state index contributed by atoms with van der Waals surface area (Å²) in [5.74, 6) is -0.360. The number of Topliss-reactive ketones (excluding diaryl/α,β-unsaturated/α-hetero) is 1. The molecule has 1 aromatic rings. The van der Waals surface area contributed by atoms with Crippen LogP contribution < -0.4 is 5.32 Å². The highest BCUT2D eigenvalue weighted by Gasteiger charge is 2.31. The fourth-order valence-electron chi connectivity index (χ4n) is 3.15. The molecule has 1 unspecified atom stereocenters. The highest BCUT2D eigenvalue weighted by molar-refractivity contribution is 6.12. The number of carbonyl (C=O) groups is 1. The predicted octanol–water partition coefficient (Wildman–Crippen LogP) is 3.07. The molecule has 1 aromatic carbocycles. The molecule has 2 N–H and O–H groups in total. The molecule has 2 aliphatic heterocycles. The summed E-state index contributed by atoms with van der Waals surface area (Å²) in [4.78, 5) is 17.9. The largest absolute Gasteiger partial charge is 0.349 e. The van der Waals surface area contributed by atoms with Crippen LogP contribution in [0.2, 0.25) is 0 Å². The number of benzene rings is 1. The van der Waals surface area contributed by atoms with Crippen LogP contribution in [-0.2, 0) is 4.79 Å². The van der Waals surface area contributed by atoms with Gasteiger partial charge in [0.25, 0.3) is 0 Å². The van der Waals surface area contributed by atoms with E-state index in [2.05, 4.69) is 10.3 Å². The number of nitrogens with one attached hydrogen (secondary N) is 2. The maximum Gasteiger partial charge on any atom is 0.165 e. The molecule has 0 radical (unpaired) electrons. The number of hydrogen-bond acceptors (Lipinski definition) is 5. The Bertz CT molecular complexity index is 813. The van der Waals surface area contributed by atoms with Crippen LogP contribution in [0, 0.1) is 17.0 Å². The lowest BCUT2D eigenvalue weighted by atomic mass is 10.0. The van der Waals surface area contributed by atoms with Crippen molar-refractivity contribution in [2.45, 2.75) is 25.8 Å². The average molecular weight is 344 g/mol. The average Bonchev–Trinajstić information content (AvgIpc) is 3.07. The minimum absolute atomic E-state index is 0.162. The third-order valence-corrected chi connectivity index (χ3v) is 4.32. The molecule has 2 aliphatic rings. The van der Waals surface area contributed by atoms with Gasteiger partial charge in [-0.3, -0.25) is 4.79 Å². The summed E-state index contributed by atoms with van der Waals surface area (Å²) in [7, 11) is 0. The number of allylic oxidation sites excluding steroid dienone is 1. The van der Waals surface area contributed by atoms with Crippen LogP contribution >= 0.6 is 0 Å². The van der Waals surface area contributed by atoms with Crippen molar-refractivity contribution in [1.82, 2.24) is 10.2 Å². The first kappa shape index (κ1) is 17.0. The monoisotopic (exact) mass is 344 g/mol. The molecule has 0 bridgehead atoms. The van der Waals surface area contributed by atoms with E-state index in [9.17, 15) is 13.6 Å². The Morgan fingerprint density at radius 2 is 2.24 bits per heavy atom. The molecule has 0 amide bonds. The molecule has 1 atom stereocenters. The fraction of sp³-hybridized carbons (Fsp3) is 0.278. The van der Waals surface area contributed by atoms with Gasteiger partial charge in [0.15, 0.2) is 5.78 Å². The summed E-state index contributed by atoms with van der Waals surface area (Å²) < 4.78 is 27.7. The van der Waals surface area contributed by atoms with E-state index >= 15 is 0 Å². The topological polar surface area (TPSA) is 68.5 Å². The molecule has 130 valence electrons. The number of amidine groups is 1. The van der Waals surface area contributed by atoms with E-state index in [1.54, 1.807) is 12.3 Å². The molecular formula is C18H18F2N4O. The molecule has 3 rings (SSSR count). The Balaban J connectivity index is 1.98. The molecule has 0 aliphatic carbocycles. The van der Waals surface area contributed by atoms with Crippen LogP contribution in [0.5, 0.6) is 0 Å². The van der Waals surface area contributed by atoms with Crippen molar-refractivity contribution in [1.29, 1.82) is 5.41 Å². The molecule has 2 heterocycles. The third-order valence-electron chi connectivity index (χ3n) is 4.32. The lowest BCUT2D eigenvalue weighted by Gasteiger charge is -2.29. The van der Waals surface area contributed by atoms with Gasteiger partial charge in [0, 0.05) is 24.5 Å². The molecular weight excluding hydrogens is 326 g/mol. The Morgan fingerprint density at radius 1 is 1.44 bits per heavy atom. The van der Waals surface area contributed by atoms with E-state index < -0.39 is 11.6 Å². The molecule has 7 heteroatoms. The van der Waals surface area contributed by atoms with Gasteiger partial charge in [-0.25, -0.2) is 13.8 Å². The van der Waals surface area contributed by atoms with Gasteiger partial charge in [-0.05, 0) is 44.0 Å². The van der Waals surface area contributed by atoms with Gasteiger partial charge < -0.3 is 15.6 Å². The maximum absolute atomic E-state index is 14.2. The third kappa shape index (κ3) is 3.35. The first-order valence-corrected chi connectivity index (χ1v) is 8.00. The molecule has 5 nitrogen and oxygen atoms in total. The minimum Gasteiger partial charge on any atom is -0.349 e. The van der Waals surface area contributed by atoms with E-state index in [-0.39, 0.29) is 23.2 Å². The summed E-state index contributed by atoms with van der Waals surface area (Å²) in [6.07, 6.45) is 5.81. The molecule has 0 aromatic heterocycles. The van der Waals surface area contributed by atoms with Crippen LogP contribution in [0.25, 0.3) is 0 Å². The zero-order chi connectivity index (χ0) is 18.0. The van der Waals surface area contributed by atoms with E-state index in [0.29, 0.717) is 24.4 Å². The van der Waals surface area contributed by atoms with Gasteiger partial charge in [0.1, 0.15) is 23.3 Å². The summed E-state index contributed by atoms with van der Waals surface area (Å²) in [5.41, 5.74) is 0.464. The second-order valence-corrected chi connectivity index (χ2v) is 5.93. The van der Waals surface area contributed by atoms with Crippen molar-refractivity contribution < 1.29 is 13.6 Å². The van der Waals surface area contributed by atoms with Gasteiger partial charge in [-0.15, -0.1) is 0 Å². The molecule has 25 heavy (non-hydrogen) atoms.